The lowest BCUT2D eigenvalue weighted by Gasteiger charge is -2.12. The number of hydrogen-bond acceptors (Lipinski definition) is 6. The zero-order valence-corrected chi connectivity index (χ0v) is 12.6. The van der Waals surface area contributed by atoms with E-state index in [-0.39, 0.29) is 17.1 Å². The second-order valence-electron chi connectivity index (χ2n) is 5.45. The highest BCUT2D eigenvalue weighted by Crippen LogP contribution is 2.23. The molecule has 8 nitrogen and oxygen atoms in total. The minimum atomic E-state index is -3.74. The van der Waals surface area contributed by atoms with Crippen LogP contribution in [0.4, 0.5) is 0 Å². The maximum absolute atomic E-state index is 12.1. The van der Waals surface area contributed by atoms with Crippen LogP contribution in [0.3, 0.4) is 0 Å². The first-order chi connectivity index (χ1) is 9.20. The molecular weight excluding hydrogens is 282 g/mol. The van der Waals surface area contributed by atoms with Gasteiger partial charge in [0.15, 0.2) is 0 Å². The van der Waals surface area contributed by atoms with Crippen molar-refractivity contribution in [2.24, 2.45) is 7.05 Å². The van der Waals surface area contributed by atoms with Crippen LogP contribution in [-0.2, 0) is 29.0 Å². The third-order valence-corrected chi connectivity index (χ3v) is 4.02. The molecule has 2 rings (SSSR count). The monoisotopic (exact) mass is 299 g/mol. The van der Waals surface area contributed by atoms with E-state index in [1.54, 1.807) is 7.05 Å². The standard InChI is InChI=1S/C11H17N5O3S/c1-11(2,3)9-5-10(19-14-9)20(17,18)13-7-8-6-12-15-16(8)4/h5-6,13H,7H2,1-4H3. The molecule has 0 aliphatic carbocycles. The maximum atomic E-state index is 12.1. The number of aryl methyl sites for hydroxylation is 1. The zero-order valence-electron chi connectivity index (χ0n) is 11.8. The molecule has 0 aliphatic heterocycles. The molecule has 0 aliphatic rings. The zero-order chi connectivity index (χ0) is 15.0. The Kier molecular flexibility index (Phi) is 3.65. The molecule has 2 aromatic heterocycles. The van der Waals surface area contributed by atoms with E-state index in [9.17, 15) is 8.42 Å². The summed E-state index contributed by atoms with van der Waals surface area (Å²) in [5, 5.41) is 11.0. The molecule has 0 bridgehead atoms. The molecule has 0 aromatic carbocycles. The summed E-state index contributed by atoms with van der Waals surface area (Å²) < 4.78 is 33.0. The largest absolute Gasteiger partial charge is 0.343 e. The molecule has 20 heavy (non-hydrogen) atoms. The number of rotatable bonds is 4. The number of aromatic nitrogens is 4. The summed E-state index contributed by atoms with van der Waals surface area (Å²) in [6, 6.07) is 1.43. The molecule has 2 heterocycles. The van der Waals surface area contributed by atoms with Crippen LogP contribution in [0.5, 0.6) is 0 Å². The van der Waals surface area contributed by atoms with Crippen molar-refractivity contribution in [3.8, 4) is 0 Å². The first-order valence-corrected chi connectivity index (χ1v) is 7.49. The van der Waals surface area contributed by atoms with Gasteiger partial charge in [-0.1, -0.05) is 31.1 Å². The van der Waals surface area contributed by atoms with Crippen LogP contribution < -0.4 is 4.72 Å². The smallest absolute Gasteiger partial charge is 0.277 e. The Bertz CT molecular complexity index is 696. The van der Waals surface area contributed by atoms with Crippen LogP contribution in [0.1, 0.15) is 32.2 Å². The minimum Gasteiger partial charge on any atom is -0.343 e. The SMILES string of the molecule is Cn1nncc1CNS(=O)(=O)c1cc(C(C)(C)C)no1. The molecule has 1 N–H and O–H groups in total. The van der Waals surface area contributed by atoms with E-state index >= 15 is 0 Å². The molecule has 0 atom stereocenters. The van der Waals surface area contributed by atoms with Crippen molar-refractivity contribution in [1.82, 2.24) is 24.9 Å². The highest BCUT2D eigenvalue weighted by Gasteiger charge is 2.25. The van der Waals surface area contributed by atoms with Gasteiger partial charge in [0.1, 0.15) is 0 Å². The summed E-state index contributed by atoms with van der Waals surface area (Å²) in [7, 11) is -2.06. The van der Waals surface area contributed by atoms with Crippen molar-refractivity contribution in [1.29, 1.82) is 0 Å². The van der Waals surface area contributed by atoms with Gasteiger partial charge in [0.2, 0.25) is 0 Å². The Labute approximate surface area is 117 Å². The van der Waals surface area contributed by atoms with Crippen LogP contribution in [-0.4, -0.2) is 28.6 Å². The van der Waals surface area contributed by atoms with E-state index in [2.05, 4.69) is 20.2 Å². The second kappa shape index (κ2) is 4.98. The molecule has 0 unspecified atom stereocenters. The molecule has 0 fully saturated rings. The molecule has 0 saturated heterocycles. The van der Waals surface area contributed by atoms with Crippen LogP contribution in [0.2, 0.25) is 0 Å². The van der Waals surface area contributed by atoms with Crippen LogP contribution in [0.25, 0.3) is 0 Å². The molecule has 0 radical (unpaired) electrons. The number of nitrogens with zero attached hydrogens (tertiary/aromatic N) is 4. The van der Waals surface area contributed by atoms with Gasteiger partial charge in [-0.2, -0.15) is 0 Å². The van der Waals surface area contributed by atoms with E-state index < -0.39 is 10.0 Å². The Morgan fingerprint density at radius 2 is 2.10 bits per heavy atom. The van der Waals surface area contributed by atoms with Gasteiger partial charge >= 0.3 is 0 Å². The van der Waals surface area contributed by atoms with Gasteiger partial charge in [-0.3, -0.25) is 4.68 Å². The summed E-state index contributed by atoms with van der Waals surface area (Å²) in [4.78, 5) is 0. The first-order valence-electron chi connectivity index (χ1n) is 6.00. The molecule has 0 spiro atoms. The van der Waals surface area contributed by atoms with Crippen LogP contribution in [0.15, 0.2) is 21.9 Å². The molecule has 110 valence electrons. The van der Waals surface area contributed by atoms with E-state index in [0.717, 1.165) is 0 Å². The van der Waals surface area contributed by atoms with Crippen molar-refractivity contribution < 1.29 is 12.9 Å². The maximum Gasteiger partial charge on any atom is 0.277 e. The fourth-order valence-electron chi connectivity index (χ4n) is 1.45. The highest BCUT2D eigenvalue weighted by molar-refractivity contribution is 7.89. The average molecular weight is 299 g/mol. The lowest BCUT2D eigenvalue weighted by atomic mass is 9.93. The Hall–Kier alpha value is -1.74. The molecule has 9 heteroatoms. The van der Waals surface area contributed by atoms with Crippen molar-refractivity contribution in [3.05, 3.63) is 23.7 Å². The number of hydrogen-bond donors (Lipinski definition) is 1. The normalized spacial score (nSPS) is 12.8. The van der Waals surface area contributed by atoms with Crippen molar-refractivity contribution in [3.63, 3.8) is 0 Å². The van der Waals surface area contributed by atoms with Gasteiger partial charge in [-0.15, -0.1) is 5.10 Å². The predicted octanol–water partition coefficient (Wildman–Crippen LogP) is 0.579. The fourth-order valence-corrected chi connectivity index (χ4v) is 2.33. The fraction of sp³-hybridized carbons (Fsp3) is 0.545. The lowest BCUT2D eigenvalue weighted by Crippen LogP contribution is -2.24. The molecule has 0 amide bonds. The van der Waals surface area contributed by atoms with E-state index in [0.29, 0.717) is 11.4 Å². The molecular formula is C11H17N5O3S. The summed E-state index contributed by atoms with van der Waals surface area (Å²) in [5.74, 6) is 0. The van der Waals surface area contributed by atoms with Crippen LogP contribution >= 0.6 is 0 Å². The van der Waals surface area contributed by atoms with Gasteiger partial charge in [0, 0.05) is 18.5 Å². The van der Waals surface area contributed by atoms with E-state index in [1.807, 2.05) is 20.8 Å². The first kappa shape index (κ1) is 14.7. The topological polar surface area (TPSA) is 103 Å². The number of nitrogens with one attached hydrogen (secondary N) is 1. The summed E-state index contributed by atoms with van der Waals surface area (Å²) in [5.41, 5.74) is 0.952. The third-order valence-electron chi connectivity index (χ3n) is 2.77. The summed E-state index contributed by atoms with van der Waals surface area (Å²) in [6.07, 6.45) is 1.49. The molecule has 0 saturated carbocycles. The van der Waals surface area contributed by atoms with Crippen LogP contribution in [0, 0.1) is 0 Å². The van der Waals surface area contributed by atoms with E-state index in [1.165, 1.54) is 16.9 Å². The lowest BCUT2D eigenvalue weighted by molar-refractivity contribution is 0.325. The Morgan fingerprint density at radius 1 is 1.40 bits per heavy atom. The minimum absolute atomic E-state index is 0.0807. The van der Waals surface area contributed by atoms with Gasteiger partial charge in [0.25, 0.3) is 15.1 Å². The third kappa shape index (κ3) is 3.05. The van der Waals surface area contributed by atoms with Crippen molar-refractivity contribution in [2.45, 2.75) is 37.8 Å². The van der Waals surface area contributed by atoms with Gasteiger partial charge in [-0.25, -0.2) is 13.1 Å². The van der Waals surface area contributed by atoms with Crippen molar-refractivity contribution >= 4 is 10.0 Å². The average Bonchev–Trinajstić information content (AvgIpc) is 2.94. The second-order valence-corrected chi connectivity index (χ2v) is 7.15. The summed E-state index contributed by atoms with van der Waals surface area (Å²) >= 11 is 0. The van der Waals surface area contributed by atoms with Gasteiger partial charge in [0.05, 0.1) is 24.1 Å². The Morgan fingerprint density at radius 3 is 2.60 bits per heavy atom. The van der Waals surface area contributed by atoms with Gasteiger partial charge < -0.3 is 4.52 Å². The summed E-state index contributed by atoms with van der Waals surface area (Å²) in [6.45, 7) is 5.86. The van der Waals surface area contributed by atoms with Gasteiger partial charge in [-0.05, 0) is 0 Å². The van der Waals surface area contributed by atoms with Crippen molar-refractivity contribution in [2.75, 3.05) is 0 Å². The molecule has 2 aromatic rings. The van der Waals surface area contributed by atoms with E-state index in [4.69, 9.17) is 4.52 Å². The quantitative estimate of drug-likeness (QED) is 0.885. The highest BCUT2D eigenvalue weighted by atomic mass is 32.2. The Balaban J connectivity index is 2.15. The predicted molar refractivity (Wildman–Crippen MR) is 70.2 cm³/mol. The number of sulfonamides is 1.